The fourth-order valence-electron chi connectivity index (χ4n) is 3.81. The van der Waals surface area contributed by atoms with Gasteiger partial charge in [-0.3, -0.25) is 0 Å². The molecule has 1 unspecified atom stereocenters. The average molecular weight is 365 g/mol. The van der Waals surface area contributed by atoms with E-state index in [9.17, 15) is 4.39 Å². The molecule has 0 amide bonds. The third-order valence-corrected chi connectivity index (χ3v) is 5.55. The predicted octanol–water partition coefficient (Wildman–Crippen LogP) is 5.78. The summed E-state index contributed by atoms with van der Waals surface area (Å²) in [6.07, 6.45) is -0.739. The fourth-order valence-corrected chi connectivity index (χ4v) is 3.81. The highest BCUT2D eigenvalue weighted by atomic mass is 19.1. The highest BCUT2D eigenvalue weighted by molar-refractivity contribution is 5.86. The second kappa shape index (κ2) is 8.54. The van der Waals surface area contributed by atoms with Crippen LogP contribution in [0, 0.1) is 13.5 Å². The van der Waals surface area contributed by atoms with Gasteiger partial charge in [0.2, 0.25) is 5.69 Å². The van der Waals surface area contributed by atoms with E-state index < -0.39 is 6.17 Å². The Balaban J connectivity index is 2.12. The standard InChI is InChI=1S/C23H28FN3/c1-5-22(24)21-16-18(27-13-11-26(6-2)12-14-27)15-20(23(21)25-4)19-10-8-7-9-17(19)3/h7-10,15-16,22H,5-6,11-14H2,1-3H3. The molecule has 142 valence electrons. The Kier molecular flexibility index (Phi) is 6.13. The molecule has 2 aromatic rings. The van der Waals surface area contributed by atoms with Gasteiger partial charge in [0, 0.05) is 31.9 Å². The van der Waals surface area contributed by atoms with E-state index >= 15 is 0 Å². The molecule has 1 fully saturated rings. The maximum absolute atomic E-state index is 14.8. The molecule has 0 saturated carbocycles. The number of aryl methyl sites for hydroxylation is 1. The van der Waals surface area contributed by atoms with Crippen molar-refractivity contribution in [1.82, 2.24) is 4.90 Å². The number of hydrogen-bond acceptors (Lipinski definition) is 2. The van der Waals surface area contributed by atoms with Gasteiger partial charge in [0.05, 0.1) is 6.57 Å². The first-order valence-electron chi connectivity index (χ1n) is 9.81. The molecule has 4 heteroatoms. The summed E-state index contributed by atoms with van der Waals surface area (Å²) in [5, 5.41) is 0. The summed E-state index contributed by atoms with van der Waals surface area (Å²) in [6.45, 7) is 18.7. The molecule has 0 aliphatic carbocycles. The third-order valence-electron chi connectivity index (χ3n) is 5.55. The highest BCUT2D eigenvalue weighted by Crippen LogP contribution is 2.43. The molecule has 0 aromatic heterocycles. The second-order valence-corrected chi connectivity index (χ2v) is 7.15. The van der Waals surface area contributed by atoms with Crippen molar-refractivity contribution in [2.75, 3.05) is 37.6 Å². The van der Waals surface area contributed by atoms with Gasteiger partial charge >= 0.3 is 0 Å². The van der Waals surface area contributed by atoms with Crippen LogP contribution in [0.4, 0.5) is 15.8 Å². The lowest BCUT2D eigenvalue weighted by molar-refractivity contribution is 0.271. The Morgan fingerprint density at radius 1 is 1.07 bits per heavy atom. The summed E-state index contributed by atoms with van der Waals surface area (Å²) in [5.41, 5.74) is 4.98. The number of rotatable bonds is 5. The molecular weight excluding hydrogens is 337 g/mol. The van der Waals surface area contributed by atoms with Crippen LogP contribution >= 0.6 is 0 Å². The number of halogens is 1. The van der Waals surface area contributed by atoms with Crippen molar-refractivity contribution >= 4 is 11.4 Å². The number of nitrogens with zero attached hydrogens (tertiary/aromatic N) is 3. The van der Waals surface area contributed by atoms with Crippen LogP contribution in [0.5, 0.6) is 0 Å². The number of hydrogen-bond donors (Lipinski definition) is 0. The number of piperazine rings is 1. The van der Waals surface area contributed by atoms with E-state index in [0.717, 1.165) is 55.1 Å². The monoisotopic (exact) mass is 365 g/mol. The Bertz CT molecular complexity index is 832. The molecule has 1 saturated heterocycles. The van der Waals surface area contributed by atoms with Gasteiger partial charge in [-0.05, 0) is 54.3 Å². The molecule has 3 rings (SSSR count). The molecular formula is C23H28FN3. The number of anilines is 1. The Morgan fingerprint density at radius 2 is 1.78 bits per heavy atom. The molecule has 0 N–H and O–H groups in total. The maximum atomic E-state index is 14.8. The largest absolute Gasteiger partial charge is 0.369 e. The van der Waals surface area contributed by atoms with Crippen molar-refractivity contribution < 1.29 is 4.39 Å². The topological polar surface area (TPSA) is 10.8 Å². The average Bonchev–Trinajstić information content (AvgIpc) is 2.72. The van der Waals surface area contributed by atoms with Crippen LogP contribution in [0.2, 0.25) is 0 Å². The molecule has 1 heterocycles. The van der Waals surface area contributed by atoms with Crippen LogP contribution in [-0.2, 0) is 0 Å². The zero-order valence-electron chi connectivity index (χ0n) is 16.5. The first-order valence-corrected chi connectivity index (χ1v) is 9.81. The minimum Gasteiger partial charge on any atom is -0.369 e. The lowest BCUT2D eigenvalue weighted by Crippen LogP contribution is -2.46. The van der Waals surface area contributed by atoms with Gasteiger partial charge in [-0.15, -0.1) is 0 Å². The molecule has 0 bridgehead atoms. The van der Waals surface area contributed by atoms with E-state index in [0.29, 0.717) is 17.7 Å². The van der Waals surface area contributed by atoms with E-state index in [1.807, 2.05) is 44.2 Å². The number of likely N-dealkylation sites (N-methyl/N-ethyl adjacent to an activating group) is 1. The first kappa shape index (κ1) is 19.4. The van der Waals surface area contributed by atoms with E-state index in [4.69, 9.17) is 6.57 Å². The van der Waals surface area contributed by atoms with Crippen LogP contribution in [0.25, 0.3) is 16.0 Å². The van der Waals surface area contributed by atoms with E-state index in [-0.39, 0.29) is 0 Å². The summed E-state index contributed by atoms with van der Waals surface area (Å²) in [6, 6.07) is 12.0. The van der Waals surface area contributed by atoms with Gasteiger partial charge in [0.1, 0.15) is 6.17 Å². The molecule has 0 radical (unpaired) electrons. The van der Waals surface area contributed by atoms with Crippen LogP contribution in [0.15, 0.2) is 36.4 Å². The van der Waals surface area contributed by atoms with Gasteiger partial charge in [-0.25, -0.2) is 9.24 Å². The Labute approximate surface area is 162 Å². The molecule has 1 aliphatic heterocycles. The number of alkyl halides is 1. The molecule has 1 aliphatic rings. The zero-order chi connectivity index (χ0) is 19.4. The fraction of sp³-hybridized carbons (Fsp3) is 0.435. The van der Waals surface area contributed by atoms with E-state index in [2.05, 4.69) is 27.6 Å². The third kappa shape index (κ3) is 3.99. The van der Waals surface area contributed by atoms with Crippen molar-refractivity contribution in [2.45, 2.75) is 33.4 Å². The Hall–Kier alpha value is -2.38. The second-order valence-electron chi connectivity index (χ2n) is 7.15. The van der Waals surface area contributed by atoms with Crippen LogP contribution < -0.4 is 4.90 Å². The predicted molar refractivity (Wildman–Crippen MR) is 111 cm³/mol. The maximum Gasteiger partial charge on any atom is 0.201 e. The summed E-state index contributed by atoms with van der Waals surface area (Å²) in [5.74, 6) is 0. The Morgan fingerprint density at radius 3 is 2.37 bits per heavy atom. The normalized spacial score (nSPS) is 16.2. The lowest BCUT2D eigenvalue weighted by Gasteiger charge is -2.36. The van der Waals surface area contributed by atoms with Crippen molar-refractivity contribution in [3.8, 4) is 11.1 Å². The van der Waals surface area contributed by atoms with Crippen LogP contribution in [0.3, 0.4) is 0 Å². The van der Waals surface area contributed by atoms with Gasteiger partial charge in [-0.1, -0.05) is 38.1 Å². The molecule has 27 heavy (non-hydrogen) atoms. The smallest absolute Gasteiger partial charge is 0.201 e. The van der Waals surface area contributed by atoms with Gasteiger partial charge in [-0.2, -0.15) is 0 Å². The van der Waals surface area contributed by atoms with Crippen LogP contribution in [0.1, 0.15) is 37.6 Å². The molecule has 0 spiro atoms. The summed E-state index contributed by atoms with van der Waals surface area (Å²) < 4.78 is 14.8. The van der Waals surface area contributed by atoms with Gasteiger partial charge in [0.15, 0.2) is 0 Å². The summed E-state index contributed by atoms with van der Waals surface area (Å²) in [7, 11) is 0. The zero-order valence-corrected chi connectivity index (χ0v) is 16.5. The highest BCUT2D eigenvalue weighted by Gasteiger charge is 2.23. The minimum atomic E-state index is -1.12. The quantitative estimate of drug-likeness (QED) is 0.622. The summed E-state index contributed by atoms with van der Waals surface area (Å²) in [4.78, 5) is 8.51. The molecule has 1 atom stereocenters. The van der Waals surface area contributed by atoms with Crippen molar-refractivity contribution in [2.24, 2.45) is 0 Å². The van der Waals surface area contributed by atoms with Gasteiger partial charge < -0.3 is 9.80 Å². The lowest BCUT2D eigenvalue weighted by atomic mass is 9.93. The van der Waals surface area contributed by atoms with E-state index in [1.54, 1.807) is 0 Å². The number of benzene rings is 2. The van der Waals surface area contributed by atoms with Crippen molar-refractivity contribution in [3.63, 3.8) is 0 Å². The molecule has 2 aromatic carbocycles. The van der Waals surface area contributed by atoms with Crippen molar-refractivity contribution in [3.05, 3.63) is 58.9 Å². The first-order chi connectivity index (χ1) is 13.1. The summed E-state index contributed by atoms with van der Waals surface area (Å²) >= 11 is 0. The van der Waals surface area contributed by atoms with Gasteiger partial charge in [0.25, 0.3) is 0 Å². The van der Waals surface area contributed by atoms with Crippen molar-refractivity contribution in [1.29, 1.82) is 0 Å². The van der Waals surface area contributed by atoms with E-state index in [1.165, 1.54) is 0 Å². The minimum absolute atomic E-state index is 0.378. The van der Waals surface area contributed by atoms with Crippen LogP contribution in [-0.4, -0.2) is 37.6 Å². The SMILES string of the molecule is [C-]#[N+]c1c(-c2ccccc2C)cc(N2CCN(CC)CC2)cc1C(F)CC. The molecule has 3 nitrogen and oxygen atoms in total.